The molecule has 0 aromatic carbocycles. The van der Waals surface area contributed by atoms with E-state index in [1.165, 1.54) is 0 Å². The van der Waals surface area contributed by atoms with Gasteiger partial charge in [0.15, 0.2) is 13.1 Å². The van der Waals surface area contributed by atoms with Crippen LogP contribution in [-0.2, 0) is 19.1 Å². The molecule has 1 aliphatic heterocycles. The summed E-state index contributed by atoms with van der Waals surface area (Å²) in [6.45, 7) is -2.86. The van der Waals surface area contributed by atoms with Gasteiger partial charge < -0.3 is 4.90 Å². The molecule has 0 bridgehead atoms. The summed E-state index contributed by atoms with van der Waals surface area (Å²) in [7, 11) is -5.84. The molecule has 0 aromatic rings. The molecule has 0 atom stereocenters. The molecule has 15 heteroatoms. The van der Waals surface area contributed by atoms with Crippen molar-refractivity contribution in [3.63, 3.8) is 0 Å². The first-order valence-corrected chi connectivity index (χ1v) is 6.77. The Morgan fingerprint density at radius 1 is 1.23 bits per heavy atom. The van der Waals surface area contributed by atoms with Crippen molar-refractivity contribution in [1.82, 2.24) is 4.90 Å². The second kappa shape index (κ2) is 5.64. The van der Waals surface area contributed by atoms with E-state index in [9.17, 15) is 46.6 Å². The normalized spacial score (nSPS) is 17.7. The van der Waals surface area contributed by atoms with Gasteiger partial charge in [-0.2, -0.15) is 21.6 Å². The zero-order valence-corrected chi connectivity index (χ0v) is 11.3. The average molecular weight is 351 g/mol. The van der Waals surface area contributed by atoms with E-state index in [2.05, 4.69) is 4.18 Å². The largest absolute Gasteiger partial charge is 0.523 e. The number of amides is 1. The maximum atomic E-state index is 11.9. The quantitative estimate of drug-likeness (QED) is 0.201. The van der Waals surface area contributed by atoms with Gasteiger partial charge in [0.2, 0.25) is 5.91 Å². The van der Waals surface area contributed by atoms with E-state index < -0.39 is 63.2 Å². The summed E-state index contributed by atoms with van der Waals surface area (Å²) in [6, 6.07) is 0. The molecule has 1 rings (SSSR count). The molecule has 0 N–H and O–H groups in total. The molecule has 22 heavy (non-hydrogen) atoms. The number of nitro groups is 2. The maximum absolute atomic E-state index is 11.9. The smallest absolute Gasteiger partial charge is 0.314 e. The minimum atomic E-state index is -5.84. The fourth-order valence-corrected chi connectivity index (χ4v) is 1.94. The first-order valence-electron chi connectivity index (χ1n) is 5.36. The highest BCUT2D eigenvalue weighted by Gasteiger charge is 2.67. The number of likely N-dealkylation sites (tertiary alicyclic amines) is 1. The average Bonchev–Trinajstić information content (AvgIpc) is 2.24. The van der Waals surface area contributed by atoms with E-state index in [1.54, 1.807) is 0 Å². The monoisotopic (exact) mass is 351 g/mol. The van der Waals surface area contributed by atoms with Gasteiger partial charge in [-0.15, -0.1) is 0 Å². The van der Waals surface area contributed by atoms with Crippen molar-refractivity contribution < 1.29 is 40.4 Å². The molecule has 0 radical (unpaired) electrons. The Morgan fingerprint density at radius 2 is 1.68 bits per heavy atom. The molecule has 1 aliphatic rings. The zero-order chi connectivity index (χ0) is 17.3. The lowest BCUT2D eigenvalue weighted by molar-refractivity contribution is -0.809. The Morgan fingerprint density at radius 3 is 2.05 bits per heavy atom. The predicted molar refractivity (Wildman–Crippen MR) is 58.8 cm³/mol. The van der Waals surface area contributed by atoms with Gasteiger partial charge in [-0.05, 0) is 0 Å². The zero-order valence-electron chi connectivity index (χ0n) is 10.5. The van der Waals surface area contributed by atoms with E-state index in [4.69, 9.17) is 0 Å². The second-order valence-electron chi connectivity index (χ2n) is 4.22. The third-order valence-electron chi connectivity index (χ3n) is 2.76. The summed E-state index contributed by atoms with van der Waals surface area (Å²) in [6.07, 6.45) is -0.833. The van der Waals surface area contributed by atoms with Crippen LogP contribution in [0.1, 0.15) is 6.42 Å². The van der Waals surface area contributed by atoms with E-state index in [-0.39, 0.29) is 0 Å². The first-order chi connectivity index (χ1) is 9.83. The van der Waals surface area contributed by atoms with Crippen molar-refractivity contribution in [2.45, 2.75) is 17.6 Å². The molecule has 1 fully saturated rings. The Labute approximate surface area is 120 Å². The lowest BCUT2D eigenvalue weighted by Gasteiger charge is -2.35. The molecule has 0 aromatic heterocycles. The SMILES string of the molecule is O=C(CCOS(=O)(=O)C(F)(F)F)N1CC([N+](=O)[O-])([N+](=O)[O-])C1. The lowest BCUT2D eigenvalue weighted by atomic mass is 10.0. The van der Waals surface area contributed by atoms with Crippen LogP contribution in [0.4, 0.5) is 13.2 Å². The molecule has 0 spiro atoms. The predicted octanol–water partition coefficient (Wildman–Crippen LogP) is -0.665. The van der Waals surface area contributed by atoms with Crippen molar-refractivity contribution in [2.24, 2.45) is 0 Å². The standard InChI is InChI=1S/C7H8F3N3O8S/c8-7(9,10)22(19,20)21-2-1-5(14)11-3-6(4-11,12(15)16)13(17)18/h1-4H2. The van der Waals surface area contributed by atoms with Crippen LogP contribution in [0.15, 0.2) is 0 Å². The van der Waals surface area contributed by atoms with Crippen LogP contribution in [0.2, 0.25) is 0 Å². The van der Waals surface area contributed by atoms with Gasteiger partial charge in [0.25, 0.3) is 0 Å². The molecule has 1 saturated heterocycles. The molecule has 0 unspecified atom stereocenters. The van der Waals surface area contributed by atoms with Crippen molar-refractivity contribution >= 4 is 16.0 Å². The molecular weight excluding hydrogens is 343 g/mol. The summed E-state index contributed by atoms with van der Waals surface area (Å²) < 4.78 is 60.3. The van der Waals surface area contributed by atoms with E-state index in [0.717, 1.165) is 0 Å². The summed E-state index contributed by atoms with van der Waals surface area (Å²) in [5, 5.41) is 21.1. The summed E-state index contributed by atoms with van der Waals surface area (Å²) in [5.74, 6) is -1.00. The third-order valence-corrected chi connectivity index (χ3v) is 3.80. The van der Waals surface area contributed by atoms with Gasteiger partial charge in [0, 0.05) is 0 Å². The number of rotatable bonds is 6. The summed E-state index contributed by atoms with van der Waals surface area (Å²) in [4.78, 5) is 30.8. The minimum Gasteiger partial charge on any atom is -0.314 e. The lowest BCUT2D eigenvalue weighted by Crippen LogP contribution is -2.71. The van der Waals surface area contributed by atoms with Crippen LogP contribution in [0, 0.1) is 20.2 Å². The van der Waals surface area contributed by atoms with Gasteiger partial charge >= 0.3 is 21.3 Å². The Bertz CT molecular complexity index is 581. The van der Waals surface area contributed by atoms with Crippen LogP contribution in [0.5, 0.6) is 0 Å². The topological polar surface area (TPSA) is 150 Å². The van der Waals surface area contributed by atoms with Gasteiger partial charge in [0.05, 0.1) is 13.0 Å². The van der Waals surface area contributed by atoms with E-state index in [0.29, 0.717) is 4.90 Å². The van der Waals surface area contributed by atoms with Crippen molar-refractivity contribution in [1.29, 1.82) is 0 Å². The number of hydrogen-bond donors (Lipinski definition) is 0. The van der Waals surface area contributed by atoms with Gasteiger partial charge in [-0.3, -0.25) is 29.2 Å². The Balaban J connectivity index is 2.51. The van der Waals surface area contributed by atoms with Crippen LogP contribution in [-0.4, -0.2) is 59.9 Å². The number of alkyl halides is 3. The van der Waals surface area contributed by atoms with Crippen molar-refractivity contribution in [3.05, 3.63) is 20.2 Å². The summed E-state index contributed by atoms with van der Waals surface area (Å²) in [5.41, 5.74) is -8.19. The molecule has 0 aliphatic carbocycles. The van der Waals surface area contributed by atoms with Gasteiger partial charge in [0.1, 0.15) is 9.85 Å². The highest BCUT2D eigenvalue weighted by molar-refractivity contribution is 7.87. The summed E-state index contributed by atoms with van der Waals surface area (Å²) >= 11 is 0. The highest BCUT2D eigenvalue weighted by atomic mass is 32.2. The Hall–Kier alpha value is -2.03. The van der Waals surface area contributed by atoms with Gasteiger partial charge in [-0.25, -0.2) is 0 Å². The number of halogens is 3. The fraction of sp³-hybridized carbons (Fsp3) is 0.857. The molecular formula is C7H8F3N3O8S. The number of hydrogen-bond acceptors (Lipinski definition) is 8. The number of carbonyl (C=O) groups excluding carboxylic acids is 1. The molecule has 1 amide bonds. The van der Waals surface area contributed by atoms with Crippen LogP contribution in [0.3, 0.4) is 0 Å². The van der Waals surface area contributed by atoms with Crippen molar-refractivity contribution in [3.8, 4) is 0 Å². The fourth-order valence-electron chi connectivity index (χ4n) is 1.50. The molecule has 1 heterocycles. The third kappa shape index (κ3) is 3.24. The first kappa shape index (κ1) is 18.0. The van der Waals surface area contributed by atoms with E-state index in [1.807, 2.05) is 0 Å². The molecule has 0 saturated carbocycles. The molecule has 11 nitrogen and oxygen atoms in total. The van der Waals surface area contributed by atoms with Crippen molar-refractivity contribution in [2.75, 3.05) is 19.7 Å². The second-order valence-corrected chi connectivity index (χ2v) is 5.83. The van der Waals surface area contributed by atoms with Crippen LogP contribution >= 0.6 is 0 Å². The van der Waals surface area contributed by atoms with Crippen LogP contribution in [0.25, 0.3) is 0 Å². The van der Waals surface area contributed by atoms with Crippen LogP contribution < -0.4 is 0 Å². The number of carbonyl (C=O) groups is 1. The maximum Gasteiger partial charge on any atom is 0.523 e. The minimum absolute atomic E-state index is 0.648. The van der Waals surface area contributed by atoms with E-state index >= 15 is 0 Å². The highest BCUT2D eigenvalue weighted by Crippen LogP contribution is 2.27. The van der Waals surface area contributed by atoms with Gasteiger partial charge in [-0.1, -0.05) is 0 Å². The number of nitrogens with zero attached hydrogens (tertiary/aromatic N) is 3. The molecule has 126 valence electrons. The Kier molecular flexibility index (Phi) is 4.62.